The number of carbonyl (C=O) groups is 1. The summed E-state index contributed by atoms with van der Waals surface area (Å²) in [4.78, 5) is 19.6. The minimum atomic E-state index is -4.46. The normalized spacial score (nSPS) is 21.6. The van der Waals surface area contributed by atoms with Gasteiger partial charge in [-0.3, -0.25) is 4.79 Å². The molecular formula is C23H23F3N2O. The molecule has 0 aromatic heterocycles. The van der Waals surface area contributed by atoms with Gasteiger partial charge in [0, 0.05) is 11.1 Å². The summed E-state index contributed by atoms with van der Waals surface area (Å²) in [5.74, 6) is 0.0334. The first-order valence-corrected chi connectivity index (χ1v) is 9.80. The van der Waals surface area contributed by atoms with Crippen molar-refractivity contribution >= 4 is 23.0 Å². The molecular weight excluding hydrogens is 377 g/mol. The van der Waals surface area contributed by atoms with Gasteiger partial charge in [0.05, 0.1) is 16.9 Å². The Morgan fingerprint density at radius 2 is 1.93 bits per heavy atom. The molecule has 0 radical (unpaired) electrons. The molecule has 29 heavy (non-hydrogen) atoms. The first-order chi connectivity index (χ1) is 13.5. The molecule has 6 heteroatoms. The van der Waals surface area contributed by atoms with Crippen LogP contribution in [0.2, 0.25) is 0 Å². The second-order valence-electron chi connectivity index (χ2n) is 8.50. The van der Waals surface area contributed by atoms with Crippen LogP contribution in [0.1, 0.15) is 62.3 Å². The van der Waals surface area contributed by atoms with E-state index in [9.17, 15) is 18.0 Å². The van der Waals surface area contributed by atoms with Gasteiger partial charge in [-0.2, -0.15) is 13.2 Å². The van der Waals surface area contributed by atoms with Crippen molar-refractivity contribution in [3.8, 4) is 0 Å². The Balaban J connectivity index is 1.93. The molecule has 2 aromatic rings. The van der Waals surface area contributed by atoms with Crippen LogP contribution in [0.25, 0.3) is 0 Å². The monoisotopic (exact) mass is 400 g/mol. The van der Waals surface area contributed by atoms with E-state index in [1.54, 1.807) is 4.90 Å². The van der Waals surface area contributed by atoms with Crippen molar-refractivity contribution in [1.29, 1.82) is 0 Å². The van der Waals surface area contributed by atoms with E-state index in [0.29, 0.717) is 0 Å². The average Bonchev–Trinajstić information content (AvgIpc) is 2.92. The Labute approximate surface area is 168 Å². The second kappa shape index (κ2) is 6.44. The molecule has 2 heterocycles. The highest BCUT2D eigenvalue weighted by atomic mass is 19.4. The fourth-order valence-electron chi connectivity index (χ4n) is 4.57. The van der Waals surface area contributed by atoms with Gasteiger partial charge in [0.1, 0.15) is 5.71 Å². The zero-order valence-corrected chi connectivity index (χ0v) is 16.9. The summed E-state index contributed by atoms with van der Waals surface area (Å²) in [5.41, 5.74) is 2.98. The highest BCUT2D eigenvalue weighted by Crippen LogP contribution is 2.49. The maximum absolute atomic E-state index is 13.4. The fourth-order valence-corrected chi connectivity index (χ4v) is 4.57. The van der Waals surface area contributed by atoms with Crippen LogP contribution in [0.3, 0.4) is 0 Å². The number of alkyl halides is 3. The van der Waals surface area contributed by atoms with Crippen molar-refractivity contribution in [3.05, 3.63) is 58.7 Å². The van der Waals surface area contributed by atoms with E-state index < -0.39 is 17.3 Å². The van der Waals surface area contributed by atoms with Crippen LogP contribution >= 0.6 is 0 Å². The van der Waals surface area contributed by atoms with Gasteiger partial charge >= 0.3 is 6.18 Å². The molecule has 1 amide bonds. The van der Waals surface area contributed by atoms with E-state index in [2.05, 4.69) is 18.0 Å². The zero-order chi connectivity index (χ0) is 21.1. The number of rotatable bonds is 2. The van der Waals surface area contributed by atoms with Gasteiger partial charge in [-0.05, 0) is 68.0 Å². The summed E-state index contributed by atoms with van der Waals surface area (Å²) < 4.78 is 39.3. The van der Waals surface area contributed by atoms with Gasteiger partial charge < -0.3 is 4.90 Å². The van der Waals surface area contributed by atoms with Gasteiger partial charge in [-0.15, -0.1) is 0 Å². The average molecular weight is 400 g/mol. The second-order valence-corrected chi connectivity index (χ2v) is 8.50. The van der Waals surface area contributed by atoms with Crippen molar-refractivity contribution in [2.75, 3.05) is 4.90 Å². The lowest BCUT2D eigenvalue weighted by atomic mass is 9.79. The summed E-state index contributed by atoms with van der Waals surface area (Å²) in [6.45, 7) is 8.24. The molecule has 1 atom stereocenters. The Hall–Kier alpha value is -2.63. The van der Waals surface area contributed by atoms with Crippen molar-refractivity contribution in [1.82, 2.24) is 0 Å². The minimum Gasteiger partial charge on any atom is -0.300 e. The fraction of sp³-hybridized carbons (Fsp3) is 0.391. The number of carbonyl (C=O) groups excluding carboxylic acids is 1. The maximum atomic E-state index is 13.4. The third-order valence-electron chi connectivity index (χ3n) is 5.85. The quantitative estimate of drug-likeness (QED) is 0.607. The Morgan fingerprint density at radius 1 is 1.21 bits per heavy atom. The number of hydrogen-bond acceptors (Lipinski definition) is 2. The summed E-state index contributed by atoms with van der Waals surface area (Å²) in [7, 11) is 0. The van der Waals surface area contributed by atoms with E-state index in [-0.39, 0.29) is 23.2 Å². The third-order valence-corrected chi connectivity index (χ3v) is 5.85. The van der Waals surface area contributed by atoms with Crippen LogP contribution in [-0.4, -0.2) is 17.2 Å². The van der Waals surface area contributed by atoms with E-state index >= 15 is 0 Å². The number of aliphatic imine (C=N–C) groups is 1. The molecule has 0 spiro atoms. The Kier molecular flexibility index (Phi) is 4.37. The number of hydrogen-bond donors (Lipinski definition) is 0. The standard InChI is InChI=1S/C23H23F3N2O/c1-5-14-9-17-13(2)12-22(3,4)28-20(17)18(10-14)19(21(28)29)27-16-8-6-7-15(11-16)23(24,25)26/h6-11,13H,5,12H2,1-4H3. The van der Waals surface area contributed by atoms with Gasteiger partial charge in [0.25, 0.3) is 5.91 Å². The SMILES string of the molecule is CCc1cc2c3c(c1)C(C)CC(C)(C)N3C(=O)C2=Nc1cccc(C(F)(F)F)c1. The molecule has 0 N–H and O–H groups in total. The predicted molar refractivity (Wildman–Crippen MR) is 108 cm³/mol. The molecule has 2 aromatic carbocycles. The molecule has 1 unspecified atom stereocenters. The smallest absolute Gasteiger partial charge is 0.300 e. The lowest BCUT2D eigenvalue weighted by Gasteiger charge is -2.43. The van der Waals surface area contributed by atoms with Gasteiger partial charge in [0.2, 0.25) is 0 Å². The molecule has 0 bridgehead atoms. The highest BCUT2D eigenvalue weighted by molar-refractivity contribution is 6.55. The minimum absolute atomic E-state index is 0.129. The molecule has 3 nitrogen and oxygen atoms in total. The van der Waals surface area contributed by atoms with E-state index in [1.165, 1.54) is 12.1 Å². The van der Waals surface area contributed by atoms with Gasteiger partial charge in [-0.25, -0.2) is 4.99 Å². The number of nitrogens with zero attached hydrogens (tertiary/aromatic N) is 2. The number of anilines is 1. The van der Waals surface area contributed by atoms with Crippen LogP contribution in [0.15, 0.2) is 41.4 Å². The summed E-state index contributed by atoms with van der Waals surface area (Å²) >= 11 is 0. The molecule has 2 aliphatic rings. The predicted octanol–water partition coefficient (Wildman–Crippen LogP) is 6.02. The van der Waals surface area contributed by atoms with Crippen LogP contribution in [-0.2, 0) is 17.4 Å². The van der Waals surface area contributed by atoms with Crippen LogP contribution in [0.5, 0.6) is 0 Å². The van der Waals surface area contributed by atoms with Crippen LogP contribution in [0, 0.1) is 0 Å². The number of aryl methyl sites for hydroxylation is 1. The van der Waals surface area contributed by atoms with E-state index in [4.69, 9.17) is 0 Å². The molecule has 0 fully saturated rings. The lowest BCUT2D eigenvalue weighted by Crippen LogP contribution is -2.50. The van der Waals surface area contributed by atoms with Crippen molar-refractivity contribution < 1.29 is 18.0 Å². The Bertz CT molecular complexity index is 1040. The zero-order valence-electron chi connectivity index (χ0n) is 16.9. The lowest BCUT2D eigenvalue weighted by molar-refractivity contribution is -0.137. The van der Waals surface area contributed by atoms with Crippen LogP contribution < -0.4 is 4.90 Å². The molecule has 2 aliphatic heterocycles. The van der Waals surface area contributed by atoms with Gasteiger partial charge in [0.15, 0.2) is 0 Å². The maximum Gasteiger partial charge on any atom is 0.416 e. The molecule has 4 rings (SSSR count). The first-order valence-electron chi connectivity index (χ1n) is 9.80. The molecule has 0 aliphatic carbocycles. The summed E-state index contributed by atoms with van der Waals surface area (Å²) in [6.07, 6.45) is -2.83. The summed E-state index contributed by atoms with van der Waals surface area (Å²) in [5, 5.41) is 0. The largest absolute Gasteiger partial charge is 0.416 e. The van der Waals surface area contributed by atoms with Gasteiger partial charge in [-0.1, -0.05) is 26.0 Å². The van der Waals surface area contributed by atoms with Crippen molar-refractivity contribution in [3.63, 3.8) is 0 Å². The topological polar surface area (TPSA) is 32.7 Å². The molecule has 0 saturated heterocycles. The Morgan fingerprint density at radius 3 is 2.59 bits per heavy atom. The number of amides is 1. The summed E-state index contributed by atoms with van der Waals surface area (Å²) in [6, 6.07) is 8.91. The highest BCUT2D eigenvalue weighted by Gasteiger charge is 2.48. The number of halogens is 3. The first kappa shape index (κ1) is 19.7. The number of benzene rings is 2. The van der Waals surface area contributed by atoms with E-state index in [0.717, 1.165) is 47.4 Å². The van der Waals surface area contributed by atoms with E-state index in [1.807, 2.05) is 26.8 Å². The van der Waals surface area contributed by atoms with Crippen molar-refractivity contribution in [2.24, 2.45) is 4.99 Å². The third kappa shape index (κ3) is 3.15. The molecule has 152 valence electrons. The van der Waals surface area contributed by atoms with Crippen LogP contribution in [0.4, 0.5) is 24.5 Å². The van der Waals surface area contributed by atoms with Crippen molar-refractivity contribution in [2.45, 2.75) is 58.2 Å². The molecule has 0 saturated carbocycles.